The van der Waals surface area contributed by atoms with E-state index in [2.05, 4.69) is 39.6 Å². The first kappa shape index (κ1) is 19.0. The Morgan fingerprint density at radius 3 is 2.59 bits per heavy atom. The lowest BCUT2D eigenvalue weighted by Gasteiger charge is -2.05. The number of aromatic hydroxyl groups is 1. The van der Waals surface area contributed by atoms with Crippen LogP contribution in [0.2, 0.25) is 0 Å². The molecule has 3 aromatic rings. The maximum Gasteiger partial charge on any atom is 0.234 e. The lowest BCUT2D eigenvalue weighted by Crippen LogP contribution is -2.14. The topological polar surface area (TPSA) is 90.9 Å². The lowest BCUT2D eigenvalue weighted by atomic mass is 10.1. The minimum Gasteiger partial charge on any atom is -0.508 e. The number of anilines is 1. The van der Waals surface area contributed by atoms with Crippen LogP contribution in [-0.2, 0) is 11.2 Å². The highest BCUT2D eigenvalue weighted by molar-refractivity contribution is 7.99. The Labute approximate surface area is 162 Å². The number of unbranched alkanes of at least 4 members (excludes halogenated alkanes) is 1. The summed E-state index contributed by atoms with van der Waals surface area (Å²) >= 11 is 1.27. The number of nitrogens with one attached hydrogen (secondary N) is 2. The fraction of sp³-hybridized carbons (Fsp3) is 0.250. The number of aromatic nitrogens is 3. The minimum atomic E-state index is -0.0997. The Morgan fingerprint density at radius 2 is 1.89 bits per heavy atom. The number of thioether (sulfide) groups is 1. The van der Waals surface area contributed by atoms with Crippen LogP contribution in [0.4, 0.5) is 5.69 Å². The smallest absolute Gasteiger partial charge is 0.234 e. The van der Waals surface area contributed by atoms with Gasteiger partial charge in [-0.25, -0.2) is 4.98 Å². The van der Waals surface area contributed by atoms with Crippen LogP contribution in [0.25, 0.3) is 11.4 Å². The summed E-state index contributed by atoms with van der Waals surface area (Å²) < 4.78 is 0. The molecule has 1 heterocycles. The van der Waals surface area contributed by atoms with Gasteiger partial charge in [-0.3, -0.25) is 9.89 Å². The van der Waals surface area contributed by atoms with Crippen LogP contribution in [0.3, 0.4) is 0 Å². The summed E-state index contributed by atoms with van der Waals surface area (Å²) in [4.78, 5) is 16.5. The third-order valence-corrected chi connectivity index (χ3v) is 4.84. The van der Waals surface area contributed by atoms with E-state index < -0.39 is 0 Å². The zero-order valence-electron chi connectivity index (χ0n) is 15.1. The predicted molar refractivity (Wildman–Crippen MR) is 108 cm³/mol. The van der Waals surface area contributed by atoms with Crippen LogP contribution >= 0.6 is 11.8 Å². The Bertz CT molecular complexity index is 876. The van der Waals surface area contributed by atoms with Crippen molar-refractivity contribution in [1.82, 2.24) is 15.2 Å². The predicted octanol–water partition coefficient (Wildman–Crippen LogP) is 4.25. The number of aromatic amines is 1. The third kappa shape index (κ3) is 5.59. The molecule has 0 saturated heterocycles. The molecule has 6 nitrogen and oxygen atoms in total. The molecule has 27 heavy (non-hydrogen) atoms. The summed E-state index contributed by atoms with van der Waals surface area (Å²) in [6.07, 6.45) is 3.41. The van der Waals surface area contributed by atoms with Gasteiger partial charge in [0.1, 0.15) is 5.75 Å². The molecule has 0 bridgehead atoms. The van der Waals surface area contributed by atoms with Gasteiger partial charge in [0.15, 0.2) is 5.82 Å². The molecule has 0 atom stereocenters. The molecule has 140 valence electrons. The van der Waals surface area contributed by atoms with Crippen molar-refractivity contribution in [2.24, 2.45) is 0 Å². The van der Waals surface area contributed by atoms with Gasteiger partial charge >= 0.3 is 0 Å². The average Bonchev–Trinajstić information content (AvgIpc) is 3.15. The second kappa shape index (κ2) is 9.23. The highest BCUT2D eigenvalue weighted by Crippen LogP contribution is 2.21. The minimum absolute atomic E-state index is 0.0997. The van der Waals surface area contributed by atoms with Gasteiger partial charge in [-0.1, -0.05) is 37.2 Å². The molecule has 0 aliphatic heterocycles. The van der Waals surface area contributed by atoms with Crippen molar-refractivity contribution in [3.63, 3.8) is 0 Å². The SMILES string of the molecule is CCCCc1ccc(NC(=O)CSc2n[nH]c(-c3ccc(O)cc3)n2)cc1. The van der Waals surface area contributed by atoms with E-state index in [9.17, 15) is 9.90 Å². The van der Waals surface area contributed by atoms with Gasteiger partial charge in [0.25, 0.3) is 0 Å². The van der Waals surface area contributed by atoms with Crippen molar-refractivity contribution < 1.29 is 9.90 Å². The number of H-pyrrole nitrogens is 1. The van der Waals surface area contributed by atoms with Crippen LogP contribution in [0.15, 0.2) is 53.7 Å². The molecule has 0 spiro atoms. The standard InChI is InChI=1S/C20H22N4O2S/c1-2-3-4-14-5-9-16(10-6-14)21-18(26)13-27-20-22-19(23-24-20)15-7-11-17(25)12-8-15/h5-12,25H,2-4,13H2,1H3,(H,21,26)(H,22,23,24). The van der Waals surface area contributed by atoms with Gasteiger partial charge in [-0.15, -0.1) is 5.10 Å². The summed E-state index contributed by atoms with van der Waals surface area (Å²) in [5.74, 6) is 0.922. The maximum absolute atomic E-state index is 12.1. The fourth-order valence-electron chi connectivity index (χ4n) is 2.52. The van der Waals surface area contributed by atoms with E-state index in [-0.39, 0.29) is 17.4 Å². The van der Waals surface area contributed by atoms with E-state index in [0.29, 0.717) is 11.0 Å². The van der Waals surface area contributed by atoms with Gasteiger partial charge in [0.2, 0.25) is 11.1 Å². The largest absolute Gasteiger partial charge is 0.508 e. The van der Waals surface area contributed by atoms with Crippen molar-refractivity contribution in [1.29, 1.82) is 0 Å². The molecule has 2 aromatic carbocycles. The van der Waals surface area contributed by atoms with Crippen LogP contribution in [-0.4, -0.2) is 31.9 Å². The summed E-state index contributed by atoms with van der Waals surface area (Å²) in [7, 11) is 0. The molecular weight excluding hydrogens is 360 g/mol. The van der Waals surface area contributed by atoms with E-state index in [1.54, 1.807) is 24.3 Å². The zero-order chi connectivity index (χ0) is 19.1. The Balaban J connectivity index is 1.50. The van der Waals surface area contributed by atoms with E-state index in [0.717, 1.165) is 17.7 Å². The van der Waals surface area contributed by atoms with Gasteiger partial charge in [-0.2, -0.15) is 0 Å². The number of amides is 1. The molecule has 0 aliphatic rings. The van der Waals surface area contributed by atoms with Crippen molar-refractivity contribution in [2.75, 3.05) is 11.1 Å². The second-order valence-corrected chi connectivity index (χ2v) is 7.09. The number of hydrogen-bond acceptors (Lipinski definition) is 5. The van der Waals surface area contributed by atoms with Gasteiger partial charge in [-0.05, 0) is 54.8 Å². The number of nitrogens with zero attached hydrogens (tertiary/aromatic N) is 2. The molecule has 3 rings (SSSR count). The van der Waals surface area contributed by atoms with E-state index in [4.69, 9.17) is 0 Å². The molecule has 0 aliphatic carbocycles. The second-order valence-electron chi connectivity index (χ2n) is 6.15. The highest BCUT2D eigenvalue weighted by atomic mass is 32.2. The molecule has 0 saturated carbocycles. The van der Waals surface area contributed by atoms with E-state index in [1.807, 2.05) is 12.1 Å². The normalized spacial score (nSPS) is 10.7. The summed E-state index contributed by atoms with van der Waals surface area (Å²) in [6, 6.07) is 14.7. The Hall–Kier alpha value is -2.80. The quantitative estimate of drug-likeness (QED) is 0.507. The van der Waals surface area contributed by atoms with Crippen LogP contribution in [0, 0.1) is 0 Å². The maximum atomic E-state index is 12.1. The average molecular weight is 382 g/mol. The van der Waals surface area contributed by atoms with Crippen LogP contribution < -0.4 is 5.32 Å². The molecule has 0 fully saturated rings. The fourth-order valence-corrected chi connectivity index (χ4v) is 3.12. The van der Waals surface area contributed by atoms with Crippen molar-refractivity contribution in [2.45, 2.75) is 31.3 Å². The summed E-state index contributed by atoms with van der Waals surface area (Å²) in [6.45, 7) is 2.17. The first-order chi connectivity index (χ1) is 13.1. The molecule has 1 aromatic heterocycles. The first-order valence-corrected chi connectivity index (χ1v) is 9.86. The number of carbonyl (C=O) groups excluding carboxylic acids is 1. The number of hydrogen-bond donors (Lipinski definition) is 3. The number of carbonyl (C=O) groups is 1. The highest BCUT2D eigenvalue weighted by Gasteiger charge is 2.09. The summed E-state index contributed by atoms with van der Waals surface area (Å²) in [5, 5.41) is 19.7. The third-order valence-electron chi connectivity index (χ3n) is 3.99. The number of rotatable bonds is 8. The molecule has 3 N–H and O–H groups in total. The Kier molecular flexibility index (Phi) is 6.49. The van der Waals surface area contributed by atoms with Gasteiger partial charge < -0.3 is 10.4 Å². The molecule has 1 amide bonds. The Morgan fingerprint density at radius 1 is 1.15 bits per heavy atom. The van der Waals surface area contributed by atoms with Crippen LogP contribution in [0.5, 0.6) is 5.75 Å². The zero-order valence-corrected chi connectivity index (χ0v) is 15.9. The van der Waals surface area contributed by atoms with Crippen molar-refractivity contribution in [3.8, 4) is 17.1 Å². The molecule has 7 heteroatoms. The number of phenols is 1. The number of benzene rings is 2. The van der Waals surface area contributed by atoms with Crippen molar-refractivity contribution in [3.05, 3.63) is 54.1 Å². The molecular formula is C20H22N4O2S. The van der Waals surface area contributed by atoms with Gasteiger partial charge in [0.05, 0.1) is 5.75 Å². The molecule has 0 unspecified atom stereocenters. The molecule has 0 radical (unpaired) electrons. The van der Waals surface area contributed by atoms with E-state index >= 15 is 0 Å². The van der Waals surface area contributed by atoms with Crippen molar-refractivity contribution >= 4 is 23.4 Å². The van der Waals surface area contributed by atoms with Gasteiger partial charge in [0, 0.05) is 11.3 Å². The van der Waals surface area contributed by atoms with E-state index in [1.165, 1.54) is 30.2 Å². The van der Waals surface area contributed by atoms with Crippen LogP contribution in [0.1, 0.15) is 25.3 Å². The number of phenolic OH excluding ortho intramolecular Hbond substituents is 1. The first-order valence-electron chi connectivity index (χ1n) is 8.87. The summed E-state index contributed by atoms with van der Waals surface area (Å²) in [5.41, 5.74) is 2.90. The lowest BCUT2D eigenvalue weighted by molar-refractivity contribution is -0.113. The monoisotopic (exact) mass is 382 g/mol. The number of aryl methyl sites for hydroxylation is 1.